The Morgan fingerprint density at radius 2 is 1.96 bits per heavy atom. The summed E-state index contributed by atoms with van der Waals surface area (Å²) in [4.78, 5) is 19.2. The fourth-order valence-electron chi connectivity index (χ4n) is 3.41. The Balaban J connectivity index is 1.77. The van der Waals surface area contributed by atoms with Gasteiger partial charge in [-0.15, -0.1) is 0 Å². The highest BCUT2D eigenvalue weighted by atomic mass is 19.1. The van der Waals surface area contributed by atoms with Gasteiger partial charge in [0.1, 0.15) is 5.82 Å². The minimum absolute atomic E-state index is 0.257. The Bertz CT molecular complexity index is 1160. The first-order valence-electron chi connectivity index (χ1n) is 8.64. The lowest BCUT2D eigenvalue weighted by Crippen LogP contribution is -2.14. The SMILES string of the molecule is Cc1c(-c2ccccc2F)[nH]c2ccc(Cc3ncccc3C(N)=O)cc12. The van der Waals surface area contributed by atoms with Gasteiger partial charge in [-0.05, 0) is 54.4 Å². The highest BCUT2D eigenvalue weighted by Crippen LogP contribution is 2.32. The van der Waals surface area contributed by atoms with Crippen LogP contribution in [0.15, 0.2) is 60.8 Å². The van der Waals surface area contributed by atoms with Crippen molar-refractivity contribution in [3.8, 4) is 11.3 Å². The highest BCUT2D eigenvalue weighted by Gasteiger charge is 2.14. The van der Waals surface area contributed by atoms with Crippen molar-refractivity contribution in [2.75, 3.05) is 0 Å². The molecule has 1 amide bonds. The van der Waals surface area contributed by atoms with Gasteiger partial charge in [-0.3, -0.25) is 9.78 Å². The van der Waals surface area contributed by atoms with E-state index in [0.29, 0.717) is 23.2 Å². The average molecular weight is 359 g/mol. The van der Waals surface area contributed by atoms with Gasteiger partial charge in [-0.1, -0.05) is 18.2 Å². The number of benzene rings is 2. The van der Waals surface area contributed by atoms with Gasteiger partial charge >= 0.3 is 0 Å². The van der Waals surface area contributed by atoms with E-state index in [9.17, 15) is 9.18 Å². The van der Waals surface area contributed by atoms with Crippen molar-refractivity contribution in [1.29, 1.82) is 0 Å². The number of carbonyl (C=O) groups is 1. The lowest BCUT2D eigenvalue weighted by atomic mass is 10.0. The number of primary amides is 1. The van der Waals surface area contributed by atoms with E-state index in [1.807, 2.05) is 31.2 Å². The number of rotatable bonds is 4. The summed E-state index contributed by atoms with van der Waals surface area (Å²) in [5.74, 6) is -0.745. The Hall–Kier alpha value is -3.47. The Morgan fingerprint density at radius 1 is 1.15 bits per heavy atom. The zero-order valence-corrected chi connectivity index (χ0v) is 14.8. The first-order chi connectivity index (χ1) is 13.0. The number of amides is 1. The third-order valence-electron chi connectivity index (χ3n) is 4.79. The smallest absolute Gasteiger partial charge is 0.250 e. The molecule has 4 rings (SSSR count). The van der Waals surface area contributed by atoms with Crippen LogP contribution in [0.25, 0.3) is 22.2 Å². The maximum absolute atomic E-state index is 14.2. The molecule has 3 N–H and O–H groups in total. The van der Waals surface area contributed by atoms with E-state index < -0.39 is 5.91 Å². The van der Waals surface area contributed by atoms with Gasteiger partial charge in [0, 0.05) is 29.1 Å². The Labute approximate surface area is 155 Å². The lowest BCUT2D eigenvalue weighted by molar-refractivity contribution is 0.0999. The standard InChI is InChI=1S/C22H18FN3O/c1-13-17-11-14(12-20-16(22(24)27)6-4-10-25-20)8-9-19(17)26-21(13)15-5-2-3-7-18(15)23/h2-11,26H,12H2,1H3,(H2,24,27). The number of aryl methyl sites for hydroxylation is 1. The summed E-state index contributed by atoms with van der Waals surface area (Å²) in [6, 6.07) is 16.1. The van der Waals surface area contributed by atoms with Crippen molar-refractivity contribution in [1.82, 2.24) is 9.97 Å². The second-order valence-electron chi connectivity index (χ2n) is 6.52. The van der Waals surface area contributed by atoms with Crippen molar-refractivity contribution in [2.24, 2.45) is 5.73 Å². The van der Waals surface area contributed by atoms with Gasteiger partial charge in [0.2, 0.25) is 0 Å². The molecule has 2 aromatic heterocycles. The number of pyridine rings is 1. The molecular formula is C22H18FN3O. The topological polar surface area (TPSA) is 71.8 Å². The fourth-order valence-corrected chi connectivity index (χ4v) is 3.41. The average Bonchev–Trinajstić information content (AvgIpc) is 2.99. The quantitative estimate of drug-likeness (QED) is 0.568. The molecule has 0 aliphatic heterocycles. The minimum Gasteiger partial charge on any atom is -0.366 e. The Kier molecular flexibility index (Phi) is 4.20. The minimum atomic E-state index is -0.487. The molecule has 27 heavy (non-hydrogen) atoms. The first-order valence-corrected chi connectivity index (χ1v) is 8.64. The second-order valence-corrected chi connectivity index (χ2v) is 6.52. The number of nitrogens with two attached hydrogens (primary N) is 1. The molecule has 5 heteroatoms. The lowest BCUT2D eigenvalue weighted by Gasteiger charge is -2.06. The first kappa shape index (κ1) is 17.0. The number of H-pyrrole nitrogens is 1. The summed E-state index contributed by atoms with van der Waals surface area (Å²) in [6.45, 7) is 1.97. The van der Waals surface area contributed by atoms with Crippen LogP contribution in [0, 0.1) is 12.7 Å². The summed E-state index contributed by atoms with van der Waals surface area (Å²) in [5, 5.41) is 1.02. The Morgan fingerprint density at radius 3 is 2.74 bits per heavy atom. The van der Waals surface area contributed by atoms with Crippen molar-refractivity contribution >= 4 is 16.8 Å². The molecule has 0 saturated heterocycles. The number of nitrogens with zero attached hydrogens (tertiary/aromatic N) is 1. The number of halogens is 1. The van der Waals surface area contributed by atoms with Gasteiger partial charge in [-0.25, -0.2) is 4.39 Å². The summed E-state index contributed by atoms with van der Waals surface area (Å²) in [7, 11) is 0. The number of fused-ring (bicyclic) bond motifs is 1. The van der Waals surface area contributed by atoms with E-state index in [1.165, 1.54) is 6.07 Å². The van der Waals surface area contributed by atoms with Crippen molar-refractivity contribution in [2.45, 2.75) is 13.3 Å². The molecule has 0 saturated carbocycles. The highest BCUT2D eigenvalue weighted by molar-refractivity contribution is 5.94. The molecule has 0 spiro atoms. The number of hydrogen-bond donors (Lipinski definition) is 2. The number of carbonyl (C=O) groups excluding carboxylic acids is 1. The van der Waals surface area contributed by atoms with Crippen LogP contribution in [0.4, 0.5) is 4.39 Å². The van der Waals surface area contributed by atoms with Crippen molar-refractivity contribution < 1.29 is 9.18 Å². The van der Waals surface area contributed by atoms with E-state index in [0.717, 1.165) is 27.7 Å². The van der Waals surface area contributed by atoms with Crippen LogP contribution >= 0.6 is 0 Å². The van der Waals surface area contributed by atoms with E-state index in [2.05, 4.69) is 9.97 Å². The van der Waals surface area contributed by atoms with E-state index in [1.54, 1.807) is 30.5 Å². The maximum Gasteiger partial charge on any atom is 0.250 e. The molecule has 0 atom stereocenters. The third kappa shape index (κ3) is 3.08. The van der Waals surface area contributed by atoms with Crippen LogP contribution in [0.2, 0.25) is 0 Å². The molecule has 0 radical (unpaired) electrons. The molecule has 2 aromatic carbocycles. The monoisotopic (exact) mass is 359 g/mol. The number of aromatic nitrogens is 2. The predicted octanol–water partition coefficient (Wildman–Crippen LogP) is 4.37. The molecule has 0 unspecified atom stereocenters. The van der Waals surface area contributed by atoms with Crippen LogP contribution in [0.5, 0.6) is 0 Å². The molecule has 0 bridgehead atoms. The van der Waals surface area contributed by atoms with Crippen LogP contribution in [-0.4, -0.2) is 15.9 Å². The van der Waals surface area contributed by atoms with Crippen LogP contribution < -0.4 is 5.73 Å². The molecule has 0 aliphatic carbocycles. The number of aromatic amines is 1. The fraction of sp³-hybridized carbons (Fsp3) is 0.0909. The van der Waals surface area contributed by atoms with E-state index in [4.69, 9.17) is 5.73 Å². The second kappa shape index (κ2) is 6.68. The molecule has 134 valence electrons. The largest absolute Gasteiger partial charge is 0.366 e. The molecule has 4 aromatic rings. The van der Waals surface area contributed by atoms with Crippen molar-refractivity contribution in [3.63, 3.8) is 0 Å². The normalized spacial score (nSPS) is 11.0. The molecule has 0 aliphatic rings. The molecule has 4 nitrogen and oxygen atoms in total. The summed E-state index contributed by atoms with van der Waals surface area (Å²) >= 11 is 0. The summed E-state index contributed by atoms with van der Waals surface area (Å²) < 4.78 is 14.2. The number of hydrogen-bond acceptors (Lipinski definition) is 2. The molecule has 2 heterocycles. The van der Waals surface area contributed by atoms with Gasteiger partial charge in [0.05, 0.1) is 17.0 Å². The van der Waals surface area contributed by atoms with E-state index >= 15 is 0 Å². The summed E-state index contributed by atoms with van der Waals surface area (Å²) in [5.41, 5.74) is 10.8. The molecular weight excluding hydrogens is 341 g/mol. The number of nitrogens with one attached hydrogen (secondary N) is 1. The predicted molar refractivity (Wildman–Crippen MR) is 104 cm³/mol. The van der Waals surface area contributed by atoms with Crippen LogP contribution in [0.3, 0.4) is 0 Å². The van der Waals surface area contributed by atoms with Crippen LogP contribution in [-0.2, 0) is 6.42 Å². The van der Waals surface area contributed by atoms with Crippen LogP contribution in [0.1, 0.15) is 27.2 Å². The third-order valence-corrected chi connectivity index (χ3v) is 4.79. The zero-order valence-electron chi connectivity index (χ0n) is 14.8. The van der Waals surface area contributed by atoms with Gasteiger partial charge in [0.25, 0.3) is 5.91 Å². The molecule has 0 fully saturated rings. The van der Waals surface area contributed by atoms with Gasteiger partial charge in [-0.2, -0.15) is 0 Å². The summed E-state index contributed by atoms with van der Waals surface area (Å²) in [6.07, 6.45) is 2.15. The van der Waals surface area contributed by atoms with Gasteiger partial charge in [0.15, 0.2) is 0 Å². The zero-order chi connectivity index (χ0) is 19.0. The van der Waals surface area contributed by atoms with Crippen molar-refractivity contribution in [3.05, 3.63) is 89.0 Å². The van der Waals surface area contributed by atoms with Gasteiger partial charge < -0.3 is 10.7 Å². The maximum atomic E-state index is 14.2. The van der Waals surface area contributed by atoms with E-state index in [-0.39, 0.29) is 5.82 Å².